The lowest BCUT2D eigenvalue weighted by Gasteiger charge is -2.11. The number of benzene rings is 1. The van der Waals surface area contributed by atoms with Gasteiger partial charge in [0.2, 0.25) is 5.91 Å². The fourth-order valence-electron chi connectivity index (χ4n) is 2.84. The minimum Gasteiger partial charge on any atom is -0.352 e. The van der Waals surface area contributed by atoms with E-state index in [9.17, 15) is 13.2 Å². The first-order valence-electron chi connectivity index (χ1n) is 7.35. The summed E-state index contributed by atoms with van der Waals surface area (Å²) in [6.07, 6.45) is 2.62. The van der Waals surface area contributed by atoms with Crippen molar-refractivity contribution < 1.29 is 13.2 Å². The molecule has 1 fully saturated rings. The first-order chi connectivity index (χ1) is 10.4. The molecule has 1 aromatic carbocycles. The molecule has 6 nitrogen and oxygen atoms in total. The van der Waals surface area contributed by atoms with Crippen molar-refractivity contribution >= 4 is 26.6 Å². The Hall–Kier alpha value is -1.89. The molecule has 0 spiro atoms. The summed E-state index contributed by atoms with van der Waals surface area (Å²) in [6, 6.07) is 5.74. The van der Waals surface area contributed by atoms with Crippen molar-refractivity contribution in [2.45, 2.75) is 32.4 Å². The lowest BCUT2D eigenvalue weighted by molar-refractivity contribution is -0.121. The lowest BCUT2D eigenvalue weighted by atomic mass is 10.1. The zero-order valence-corrected chi connectivity index (χ0v) is 13.3. The number of aromatic nitrogens is 2. The number of carbonyl (C=O) groups excluding carboxylic acids is 1. The van der Waals surface area contributed by atoms with Crippen molar-refractivity contribution in [3.63, 3.8) is 0 Å². The lowest BCUT2D eigenvalue weighted by Crippen LogP contribution is -2.36. The van der Waals surface area contributed by atoms with E-state index in [1.54, 1.807) is 0 Å². The van der Waals surface area contributed by atoms with E-state index in [0.29, 0.717) is 19.4 Å². The molecule has 1 aliphatic heterocycles. The van der Waals surface area contributed by atoms with Gasteiger partial charge >= 0.3 is 0 Å². The van der Waals surface area contributed by atoms with Gasteiger partial charge < -0.3 is 5.32 Å². The number of hydrogen-bond acceptors (Lipinski definition) is 4. The first-order valence-corrected chi connectivity index (χ1v) is 9.18. The molecule has 0 unspecified atom stereocenters. The number of aryl methyl sites for hydroxylation is 2. The molecular weight excluding hydrogens is 302 g/mol. The number of rotatable bonds is 4. The molecule has 3 rings (SSSR count). The Kier molecular flexibility index (Phi) is 3.90. The van der Waals surface area contributed by atoms with E-state index in [1.165, 1.54) is 0 Å². The molecule has 0 radical (unpaired) electrons. The fourth-order valence-corrected chi connectivity index (χ4v) is 4.52. The van der Waals surface area contributed by atoms with E-state index in [0.717, 1.165) is 16.5 Å². The summed E-state index contributed by atoms with van der Waals surface area (Å²) in [4.78, 5) is 12.0. The van der Waals surface area contributed by atoms with Crippen molar-refractivity contribution in [3.8, 4) is 0 Å². The van der Waals surface area contributed by atoms with Crippen LogP contribution in [-0.2, 0) is 21.2 Å². The second-order valence-electron chi connectivity index (χ2n) is 5.79. The maximum Gasteiger partial charge on any atom is 0.222 e. The molecule has 7 heteroatoms. The molecule has 1 aromatic heterocycles. The monoisotopic (exact) mass is 321 g/mol. The summed E-state index contributed by atoms with van der Waals surface area (Å²) in [5.41, 5.74) is 2.17. The Morgan fingerprint density at radius 2 is 2.27 bits per heavy atom. The molecule has 22 heavy (non-hydrogen) atoms. The first kappa shape index (κ1) is 15.0. The molecule has 1 N–H and O–H groups in total. The quantitative estimate of drug-likeness (QED) is 0.912. The summed E-state index contributed by atoms with van der Waals surface area (Å²) in [5.74, 6) is 0.0994. The molecule has 1 atom stereocenters. The maximum absolute atomic E-state index is 12.0. The van der Waals surface area contributed by atoms with Gasteiger partial charge in [-0.15, -0.1) is 0 Å². The Labute approximate surface area is 129 Å². The number of carbonyl (C=O) groups is 1. The SMILES string of the molecule is Cc1cccc2c1cnn2CCC(=O)N[C@H]1CCS(=O)(=O)C1. The van der Waals surface area contributed by atoms with Crippen molar-refractivity contribution in [1.29, 1.82) is 0 Å². The predicted octanol–water partition coefficient (Wildman–Crippen LogP) is 1.04. The predicted molar refractivity (Wildman–Crippen MR) is 84.3 cm³/mol. The molecule has 1 saturated heterocycles. The van der Waals surface area contributed by atoms with Crippen LogP contribution in [0.2, 0.25) is 0 Å². The summed E-state index contributed by atoms with van der Waals surface area (Å²) < 4.78 is 24.6. The van der Waals surface area contributed by atoms with E-state index in [2.05, 4.69) is 10.4 Å². The van der Waals surface area contributed by atoms with E-state index in [-0.39, 0.29) is 23.5 Å². The zero-order valence-electron chi connectivity index (χ0n) is 12.4. The van der Waals surface area contributed by atoms with Crippen LogP contribution < -0.4 is 5.32 Å². The summed E-state index contributed by atoms with van der Waals surface area (Å²) in [5, 5.41) is 8.21. The third-order valence-corrected chi connectivity index (χ3v) is 5.82. The Balaban J connectivity index is 1.60. The molecule has 2 aromatic rings. The third kappa shape index (κ3) is 3.14. The third-order valence-electron chi connectivity index (χ3n) is 4.05. The highest BCUT2D eigenvalue weighted by molar-refractivity contribution is 7.91. The normalized spacial score (nSPS) is 20.3. The topological polar surface area (TPSA) is 81.1 Å². The number of nitrogens with one attached hydrogen (secondary N) is 1. The Morgan fingerprint density at radius 1 is 1.45 bits per heavy atom. The van der Waals surface area contributed by atoms with Crippen molar-refractivity contribution in [1.82, 2.24) is 15.1 Å². The van der Waals surface area contributed by atoms with E-state index in [1.807, 2.05) is 36.0 Å². The van der Waals surface area contributed by atoms with Gasteiger partial charge in [-0.25, -0.2) is 8.42 Å². The molecule has 0 bridgehead atoms. The van der Waals surface area contributed by atoms with Crippen LogP contribution in [0.15, 0.2) is 24.4 Å². The smallest absolute Gasteiger partial charge is 0.222 e. The minimum absolute atomic E-state index is 0.0582. The fraction of sp³-hybridized carbons (Fsp3) is 0.467. The summed E-state index contributed by atoms with van der Waals surface area (Å²) >= 11 is 0. The van der Waals surface area contributed by atoms with Gasteiger partial charge in [0.25, 0.3) is 0 Å². The van der Waals surface area contributed by atoms with Crippen LogP contribution in [0.25, 0.3) is 10.9 Å². The molecule has 0 saturated carbocycles. The molecule has 2 heterocycles. The van der Waals surface area contributed by atoms with Crippen LogP contribution in [0.1, 0.15) is 18.4 Å². The number of sulfone groups is 1. The van der Waals surface area contributed by atoms with Gasteiger partial charge in [0.05, 0.1) is 29.8 Å². The van der Waals surface area contributed by atoms with E-state index < -0.39 is 9.84 Å². The van der Waals surface area contributed by atoms with Gasteiger partial charge in [-0.1, -0.05) is 12.1 Å². The Bertz CT molecular complexity index is 811. The van der Waals surface area contributed by atoms with Crippen molar-refractivity contribution in [2.75, 3.05) is 11.5 Å². The summed E-state index contributed by atoms with van der Waals surface area (Å²) in [7, 11) is -2.97. The minimum atomic E-state index is -2.97. The molecule has 118 valence electrons. The van der Waals surface area contributed by atoms with Crippen LogP contribution in [-0.4, -0.2) is 41.7 Å². The van der Waals surface area contributed by atoms with Gasteiger partial charge in [-0.05, 0) is 25.0 Å². The number of nitrogens with zero attached hydrogens (tertiary/aromatic N) is 2. The van der Waals surface area contributed by atoms with E-state index in [4.69, 9.17) is 0 Å². The van der Waals surface area contributed by atoms with Gasteiger partial charge in [-0.3, -0.25) is 9.48 Å². The highest BCUT2D eigenvalue weighted by Crippen LogP contribution is 2.18. The number of fused-ring (bicyclic) bond motifs is 1. The van der Waals surface area contributed by atoms with Gasteiger partial charge in [0, 0.05) is 17.8 Å². The van der Waals surface area contributed by atoms with Gasteiger partial charge in [-0.2, -0.15) is 5.10 Å². The average molecular weight is 321 g/mol. The highest BCUT2D eigenvalue weighted by atomic mass is 32.2. The standard InChI is InChI=1S/C15H19N3O3S/c1-11-3-2-4-14-13(11)9-16-18(14)7-5-15(19)17-12-6-8-22(20,21)10-12/h2-4,9,12H,5-8,10H2,1H3,(H,17,19)/t12-/m0/s1. The largest absolute Gasteiger partial charge is 0.352 e. The van der Waals surface area contributed by atoms with Crippen molar-refractivity contribution in [2.24, 2.45) is 0 Å². The van der Waals surface area contributed by atoms with Crippen molar-refractivity contribution in [3.05, 3.63) is 30.0 Å². The molecule has 0 aliphatic carbocycles. The average Bonchev–Trinajstić information content (AvgIpc) is 3.01. The summed E-state index contributed by atoms with van der Waals surface area (Å²) in [6.45, 7) is 2.51. The molecular formula is C15H19N3O3S. The van der Waals surface area contributed by atoms with Crippen LogP contribution in [0, 0.1) is 6.92 Å². The number of amides is 1. The van der Waals surface area contributed by atoms with Crippen LogP contribution >= 0.6 is 0 Å². The second-order valence-corrected chi connectivity index (χ2v) is 8.02. The highest BCUT2D eigenvalue weighted by Gasteiger charge is 2.28. The van der Waals surface area contributed by atoms with Crippen LogP contribution in [0.4, 0.5) is 0 Å². The van der Waals surface area contributed by atoms with Crippen LogP contribution in [0.3, 0.4) is 0 Å². The molecule has 1 amide bonds. The maximum atomic E-state index is 12.0. The second kappa shape index (κ2) is 5.72. The zero-order chi connectivity index (χ0) is 15.7. The number of hydrogen-bond donors (Lipinski definition) is 1. The van der Waals surface area contributed by atoms with Crippen LogP contribution in [0.5, 0.6) is 0 Å². The van der Waals surface area contributed by atoms with E-state index >= 15 is 0 Å². The van der Waals surface area contributed by atoms with Gasteiger partial charge in [0.15, 0.2) is 9.84 Å². The van der Waals surface area contributed by atoms with Gasteiger partial charge in [0.1, 0.15) is 0 Å². The molecule has 1 aliphatic rings. The Morgan fingerprint density at radius 3 is 3.00 bits per heavy atom.